The minimum absolute atomic E-state index is 0.0861. The molecule has 0 unspecified atom stereocenters. The van der Waals surface area contributed by atoms with Gasteiger partial charge in [0.1, 0.15) is 17.5 Å². The van der Waals surface area contributed by atoms with Crippen LogP contribution in [0.25, 0.3) is 73.6 Å². The lowest BCUT2D eigenvalue weighted by Gasteiger charge is -2.05. The summed E-state index contributed by atoms with van der Waals surface area (Å²) >= 11 is 0. The van der Waals surface area contributed by atoms with Crippen LogP contribution in [0.4, 0.5) is 23.1 Å². The molecule has 0 spiro atoms. The van der Waals surface area contributed by atoms with E-state index in [4.69, 9.17) is 50.9 Å². The topological polar surface area (TPSA) is 285 Å². The summed E-state index contributed by atoms with van der Waals surface area (Å²) in [6, 6.07) is 46.1. The maximum atomic E-state index is 8.67. The van der Waals surface area contributed by atoms with E-state index in [2.05, 4.69) is 36.0 Å². The van der Waals surface area contributed by atoms with Crippen LogP contribution in [-0.2, 0) is 0 Å². The Bertz CT molecular complexity index is 3230. The fraction of sp³-hybridized carbons (Fsp3) is 0. The normalized spacial score (nSPS) is 11.4. The first-order chi connectivity index (χ1) is 33.6. The zero-order valence-electron chi connectivity index (χ0n) is 37.0. The van der Waals surface area contributed by atoms with Crippen LogP contribution >= 0.6 is 0 Å². The minimum atomic E-state index is 0.0861. The van der Waals surface area contributed by atoms with Crippen molar-refractivity contribution in [1.29, 1.82) is 0 Å². The van der Waals surface area contributed by atoms with Gasteiger partial charge in [0.05, 0.1) is 6.57 Å². The molecule has 0 fully saturated rings. The van der Waals surface area contributed by atoms with Crippen molar-refractivity contribution in [3.63, 3.8) is 0 Å². The van der Waals surface area contributed by atoms with Gasteiger partial charge in [-0.25, -0.2) is 25.7 Å². The van der Waals surface area contributed by atoms with Gasteiger partial charge < -0.3 is 44.3 Å². The first kappa shape index (κ1) is 48.6. The van der Waals surface area contributed by atoms with Crippen LogP contribution in [0.3, 0.4) is 0 Å². The Hall–Kier alpha value is -9.88. The first-order valence-electron chi connectivity index (χ1n) is 21.0. The van der Waals surface area contributed by atoms with Gasteiger partial charge in [-0.2, -0.15) is 0 Å². The lowest BCUT2D eigenvalue weighted by molar-refractivity contribution is 0.311. The number of fused-ring (bicyclic) bond motifs is 3. The molecule has 3 aromatic heterocycles. The zero-order chi connectivity index (χ0) is 49.1. The van der Waals surface area contributed by atoms with Crippen molar-refractivity contribution in [2.45, 2.75) is 0 Å². The molecular weight excluding hydrogens is 865 g/mol. The van der Waals surface area contributed by atoms with Gasteiger partial charge in [0.15, 0.2) is 17.4 Å². The third kappa shape index (κ3) is 12.5. The van der Waals surface area contributed by atoms with Crippen LogP contribution in [0, 0.1) is 6.57 Å². The van der Waals surface area contributed by atoms with E-state index in [1.54, 1.807) is 55.0 Å². The van der Waals surface area contributed by atoms with E-state index >= 15 is 0 Å². The summed E-state index contributed by atoms with van der Waals surface area (Å²) in [4.78, 5) is 16.1. The summed E-state index contributed by atoms with van der Waals surface area (Å²) < 4.78 is 0. The molecular formula is C54H48N12O3. The van der Waals surface area contributed by atoms with E-state index in [9.17, 15) is 0 Å². The number of aromatic nitrogens is 3. The highest BCUT2D eigenvalue weighted by atomic mass is 16.4. The molecule has 0 amide bonds. The Kier molecular flexibility index (Phi) is 16.8. The average Bonchev–Trinajstić information content (AvgIpc) is 3.41. The van der Waals surface area contributed by atoms with Crippen molar-refractivity contribution < 1.29 is 15.6 Å². The number of rotatable bonds is 8. The summed E-state index contributed by atoms with van der Waals surface area (Å²) in [5.41, 5.74) is 36.8. The second-order valence-electron chi connectivity index (χ2n) is 14.9. The van der Waals surface area contributed by atoms with Crippen LogP contribution < -0.4 is 34.6 Å². The molecule has 6 aromatic carbocycles. The smallest absolute Gasteiger partial charge is 0.187 e. The quantitative estimate of drug-likeness (QED) is 0.0226. The number of pyridine rings is 3. The molecule has 15 N–H and O–H groups in total. The number of nitrogens with two attached hydrogens (primary N) is 6. The summed E-state index contributed by atoms with van der Waals surface area (Å²) in [6.07, 6.45) is 17.1. The highest BCUT2D eigenvalue weighted by molar-refractivity contribution is 6.00. The predicted octanol–water partition coefficient (Wildman–Crippen LogP) is 10.0. The van der Waals surface area contributed by atoms with E-state index in [1.807, 2.05) is 146 Å². The largest absolute Gasteiger partial charge is 0.409 e. The van der Waals surface area contributed by atoms with Gasteiger partial charge in [0, 0.05) is 62.6 Å². The van der Waals surface area contributed by atoms with Crippen molar-refractivity contribution in [2.75, 3.05) is 17.2 Å². The molecule has 342 valence electrons. The van der Waals surface area contributed by atoms with Gasteiger partial charge in [-0.1, -0.05) is 192 Å². The summed E-state index contributed by atoms with van der Waals surface area (Å²) in [7, 11) is 0. The van der Waals surface area contributed by atoms with Gasteiger partial charge >= 0.3 is 0 Å². The monoisotopic (exact) mass is 912 g/mol. The average molecular weight is 913 g/mol. The lowest BCUT2D eigenvalue weighted by atomic mass is 10.0. The van der Waals surface area contributed by atoms with Crippen molar-refractivity contribution in [3.8, 4) is 0 Å². The van der Waals surface area contributed by atoms with E-state index in [0.29, 0.717) is 34.3 Å². The van der Waals surface area contributed by atoms with Gasteiger partial charge in [-0.05, 0) is 32.8 Å². The van der Waals surface area contributed by atoms with Gasteiger partial charge in [-0.15, -0.1) is 0 Å². The van der Waals surface area contributed by atoms with Crippen LogP contribution in [0.2, 0.25) is 0 Å². The summed E-state index contributed by atoms with van der Waals surface area (Å²) in [6.45, 7) is 6.95. The number of amidine groups is 2. The van der Waals surface area contributed by atoms with Crippen LogP contribution in [-0.4, -0.2) is 42.2 Å². The molecule has 9 aromatic rings. The maximum absolute atomic E-state index is 8.67. The minimum Gasteiger partial charge on any atom is -0.409 e. The van der Waals surface area contributed by atoms with Crippen LogP contribution in [0.5, 0.6) is 0 Å². The van der Waals surface area contributed by atoms with E-state index in [1.165, 1.54) is 0 Å². The molecule has 0 saturated heterocycles. The van der Waals surface area contributed by atoms with Crippen molar-refractivity contribution in [1.82, 2.24) is 15.0 Å². The Morgan fingerprint density at radius 3 is 1.01 bits per heavy atom. The maximum Gasteiger partial charge on any atom is 0.187 e. The number of hydrogen-bond donors (Lipinski definition) is 9. The number of benzene rings is 6. The molecule has 3 heterocycles. The zero-order valence-corrected chi connectivity index (χ0v) is 37.0. The van der Waals surface area contributed by atoms with Gasteiger partial charge in [-0.3, -0.25) is 0 Å². The van der Waals surface area contributed by atoms with Gasteiger partial charge in [0.2, 0.25) is 0 Å². The fourth-order valence-electron chi connectivity index (χ4n) is 6.97. The number of nitrogens with zero attached hydrogens (tertiary/aromatic N) is 6. The fourth-order valence-corrected chi connectivity index (χ4v) is 6.97. The molecule has 69 heavy (non-hydrogen) atoms. The number of nitrogen functional groups attached to an aromatic ring is 3. The van der Waals surface area contributed by atoms with Crippen LogP contribution in [0.1, 0.15) is 44.5 Å². The molecule has 9 rings (SSSR count). The summed E-state index contributed by atoms with van der Waals surface area (Å²) in [5, 5.41) is 36.2. The van der Waals surface area contributed by atoms with Crippen molar-refractivity contribution >= 4 is 104 Å². The molecule has 0 aliphatic carbocycles. The SMILES string of the molecule is N/C(=N\O)c1ccc(/C=C/c2c(N)ncc3ccccc23)cc1.N/C(=N\O)c1ccc(/C=C/c2c(N)ncc3ccccc23)cc1.NO.[C-]#[N+]c1ccc(/C=C/c2c(N)ncc3ccccc23)cc1. The molecule has 0 aliphatic heterocycles. The highest BCUT2D eigenvalue weighted by Crippen LogP contribution is 2.27. The molecule has 0 saturated carbocycles. The number of hydrogen-bond acceptors (Lipinski definition) is 12. The highest BCUT2D eigenvalue weighted by Gasteiger charge is 2.07. The molecule has 15 nitrogen and oxygen atoms in total. The standard InChI is InChI=1S/2C18H16N4O.C18H13N3.H3NO/c2*19-17(22-23)13-8-5-12(6-9-13)7-10-16-15-4-2-1-3-14(15)11-21-18(16)20;1-20-15-9-6-13(7-10-15)8-11-17-16-5-3-2-4-14(16)12-21-18(17)19;1-2/h2*1-11,23H,(H2,19,22)(H2,20,21);2-12H,(H2,19,21);2H,1H2/b2*10-7+;11-8+;. The Morgan fingerprint density at radius 1 is 0.435 bits per heavy atom. The Labute approximate surface area is 397 Å². The Balaban J connectivity index is 0.000000167. The van der Waals surface area contributed by atoms with E-state index in [0.717, 1.165) is 65.7 Å². The number of oxime groups is 2. The molecule has 0 aliphatic rings. The van der Waals surface area contributed by atoms with E-state index in [-0.39, 0.29) is 11.7 Å². The summed E-state index contributed by atoms with van der Waals surface area (Å²) in [5.74, 6) is 5.18. The molecule has 0 atom stereocenters. The predicted molar refractivity (Wildman–Crippen MR) is 282 cm³/mol. The lowest BCUT2D eigenvalue weighted by Crippen LogP contribution is -2.12. The van der Waals surface area contributed by atoms with Crippen molar-refractivity contribution in [3.05, 3.63) is 220 Å². The molecule has 15 heteroatoms. The Morgan fingerprint density at radius 2 is 0.725 bits per heavy atom. The van der Waals surface area contributed by atoms with Crippen molar-refractivity contribution in [2.24, 2.45) is 27.7 Å². The van der Waals surface area contributed by atoms with Gasteiger partial charge in [0.25, 0.3) is 0 Å². The molecule has 0 bridgehead atoms. The van der Waals surface area contributed by atoms with Crippen LogP contribution in [0.15, 0.2) is 174 Å². The third-order valence-electron chi connectivity index (χ3n) is 10.6. The first-order valence-corrected chi connectivity index (χ1v) is 21.0. The second kappa shape index (κ2) is 23.9. The third-order valence-corrected chi connectivity index (χ3v) is 10.6. The second-order valence-corrected chi connectivity index (χ2v) is 14.9. The number of anilines is 3. The molecule has 0 radical (unpaired) electrons. The van der Waals surface area contributed by atoms with E-state index < -0.39 is 0 Å².